The van der Waals surface area contributed by atoms with Crippen molar-refractivity contribution in [3.8, 4) is 0 Å². The van der Waals surface area contributed by atoms with Crippen LogP contribution in [0.25, 0.3) is 0 Å². The van der Waals surface area contributed by atoms with Crippen LogP contribution in [0.3, 0.4) is 0 Å². The van der Waals surface area contributed by atoms with E-state index in [2.05, 4.69) is 15.9 Å². The van der Waals surface area contributed by atoms with Gasteiger partial charge in [-0.25, -0.2) is 4.79 Å². The van der Waals surface area contributed by atoms with Crippen molar-refractivity contribution in [2.75, 3.05) is 13.1 Å². The molecule has 1 aliphatic rings. The van der Waals surface area contributed by atoms with Gasteiger partial charge in [-0.3, -0.25) is 4.79 Å². The monoisotopic (exact) mass is 375 g/mol. The molecular weight excluding hydrogens is 362 g/mol. The molecule has 1 aliphatic heterocycles. The quantitative estimate of drug-likeness (QED) is 0.862. The maximum atomic E-state index is 12.5. The Hall–Kier alpha value is -1.11. The summed E-state index contributed by atoms with van der Waals surface area (Å²) < 4.78 is 6.05. The number of nitrogens with zero attached hydrogens (tertiary/aromatic N) is 1. The molecule has 1 heterocycles. The maximum absolute atomic E-state index is 12.5. The smallest absolute Gasteiger partial charge is 0.334 e. The van der Waals surface area contributed by atoms with E-state index in [1.54, 1.807) is 19.1 Å². The van der Waals surface area contributed by atoms with E-state index in [4.69, 9.17) is 21.4 Å². The van der Waals surface area contributed by atoms with Crippen molar-refractivity contribution in [3.05, 3.63) is 32.8 Å². The topological polar surface area (TPSA) is 66.8 Å². The van der Waals surface area contributed by atoms with Crippen LogP contribution < -0.4 is 0 Å². The van der Waals surface area contributed by atoms with E-state index in [9.17, 15) is 9.59 Å². The van der Waals surface area contributed by atoms with Gasteiger partial charge >= 0.3 is 5.97 Å². The summed E-state index contributed by atoms with van der Waals surface area (Å²) in [5.41, 5.74) is 1.29. The molecule has 0 saturated carbocycles. The largest absolute Gasteiger partial charge is 0.479 e. The van der Waals surface area contributed by atoms with E-state index in [0.717, 1.165) is 10.0 Å². The van der Waals surface area contributed by atoms with E-state index < -0.39 is 12.1 Å². The molecule has 1 amide bonds. The number of carboxylic acid groups (broad SMARTS) is 1. The first kappa shape index (κ1) is 16.3. The van der Waals surface area contributed by atoms with Gasteiger partial charge in [-0.05, 0) is 47.5 Å². The third kappa shape index (κ3) is 3.56. The molecule has 7 heteroatoms. The molecule has 5 nitrogen and oxygen atoms in total. The van der Waals surface area contributed by atoms with Crippen LogP contribution in [0.5, 0.6) is 0 Å². The summed E-state index contributed by atoms with van der Waals surface area (Å²) in [6.07, 6.45) is -1.32. The zero-order chi connectivity index (χ0) is 15.7. The lowest BCUT2D eigenvalue weighted by atomic mass is 10.1. The fourth-order valence-electron chi connectivity index (χ4n) is 2.29. The molecule has 114 valence electrons. The summed E-state index contributed by atoms with van der Waals surface area (Å²) in [6, 6.07) is 3.31. The average Bonchev–Trinajstić information content (AvgIpc) is 2.42. The standard InChI is InChI=1S/C14H15BrClNO4/c1-7-3-9(4-10(16)12(7)15)13(18)17-5-8(2)21-11(6-17)14(19)20/h3-4,8,11H,5-6H2,1-2H3,(H,19,20)/t8-,11?/m1/s1. The minimum atomic E-state index is -1.07. The van der Waals surface area contributed by atoms with Crippen molar-refractivity contribution in [1.29, 1.82) is 0 Å². The number of ether oxygens (including phenoxy) is 1. The number of aliphatic carboxylic acids is 1. The molecule has 1 N–H and O–H groups in total. The predicted molar refractivity (Wildman–Crippen MR) is 81.8 cm³/mol. The Balaban J connectivity index is 2.25. The molecule has 2 atom stereocenters. The van der Waals surface area contributed by atoms with Crippen LogP contribution in [0.1, 0.15) is 22.8 Å². The molecule has 1 unspecified atom stereocenters. The first-order chi connectivity index (χ1) is 9.79. The van der Waals surface area contributed by atoms with Gasteiger partial charge < -0.3 is 14.7 Å². The second kappa shape index (κ2) is 6.34. The zero-order valence-electron chi connectivity index (χ0n) is 11.6. The molecule has 1 aromatic carbocycles. The van der Waals surface area contributed by atoms with Gasteiger partial charge in [0.2, 0.25) is 0 Å². The highest BCUT2D eigenvalue weighted by Gasteiger charge is 2.33. The SMILES string of the molecule is Cc1cc(C(=O)N2CC(C(=O)O)O[C@H](C)C2)cc(Cl)c1Br. The van der Waals surface area contributed by atoms with Crippen molar-refractivity contribution in [1.82, 2.24) is 4.90 Å². The van der Waals surface area contributed by atoms with Gasteiger partial charge in [0, 0.05) is 16.6 Å². The predicted octanol–water partition coefficient (Wildman–Crippen LogP) is 2.73. The molecule has 21 heavy (non-hydrogen) atoms. The fraction of sp³-hybridized carbons (Fsp3) is 0.429. The number of carboxylic acids is 1. The lowest BCUT2D eigenvalue weighted by molar-refractivity contribution is -0.160. The maximum Gasteiger partial charge on any atom is 0.334 e. The molecule has 1 aromatic rings. The molecule has 0 spiro atoms. The molecule has 1 saturated heterocycles. The van der Waals surface area contributed by atoms with Gasteiger partial charge in [-0.2, -0.15) is 0 Å². The Labute approximate surface area is 136 Å². The van der Waals surface area contributed by atoms with Crippen LogP contribution in [0.4, 0.5) is 0 Å². The van der Waals surface area contributed by atoms with Crippen molar-refractivity contribution in [2.24, 2.45) is 0 Å². The summed E-state index contributed by atoms with van der Waals surface area (Å²) >= 11 is 9.42. The Bertz CT molecular complexity index is 569. The Kier molecular flexibility index (Phi) is 4.91. The first-order valence-electron chi connectivity index (χ1n) is 6.42. The summed E-state index contributed by atoms with van der Waals surface area (Å²) in [4.78, 5) is 25.1. The molecule has 0 aromatic heterocycles. The van der Waals surface area contributed by atoms with Gasteiger partial charge in [0.1, 0.15) is 0 Å². The first-order valence-corrected chi connectivity index (χ1v) is 7.60. The number of halogens is 2. The minimum absolute atomic E-state index is 0.0330. The van der Waals surface area contributed by atoms with Crippen LogP contribution in [-0.2, 0) is 9.53 Å². The van der Waals surface area contributed by atoms with E-state index in [1.165, 1.54) is 4.90 Å². The lowest BCUT2D eigenvalue weighted by Crippen LogP contribution is -2.51. The molecule has 0 radical (unpaired) electrons. The molecular formula is C14H15BrClNO4. The van der Waals surface area contributed by atoms with Crippen LogP contribution in [-0.4, -0.2) is 47.2 Å². The van der Waals surface area contributed by atoms with Crippen LogP contribution >= 0.6 is 27.5 Å². The van der Waals surface area contributed by atoms with Crippen molar-refractivity contribution in [3.63, 3.8) is 0 Å². The van der Waals surface area contributed by atoms with Gasteiger partial charge in [0.15, 0.2) is 6.10 Å². The van der Waals surface area contributed by atoms with Gasteiger partial charge in [0.05, 0.1) is 17.7 Å². The molecule has 2 rings (SSSR count). The summed E-state index contributed by atoms with van der Waals surface area (Å²) in [7, 11) is 0. The number of hydrogen-bond donors (Lipinski definition) is 1. The number of aryl methyl sites for hydroxylation is 1. The highest BCUT2D eigenvalue weighted by Crippen LogP contribution is 2.28. The number of morpholine rings is 1. The van der Waals surface area contributed by atoms with E-state index >= 15 is 0 Å². The molecule has 0 bridgehead atoms. The second-order valence-electron chi connectivity index (χ2n) is 5.07. The lowest BCUT2D eigenvalue weighted by Gasteiger charge is -2.35. The number of carbonyl (C=O) groups excluding carboxylic acids is 1. The molecule has 0 aliphatic carbocycles. The van der Waals surface area contributed by atoms with Crippen LogP contribution in [0.15, 0.2) is 16.6 Å². The van der Waals surface area contributed by atoms with Crippen LogP contribution in [0, 0.1) is 6.92 Å². The Morgan fingerprint density at radius 1 is 1.43 bits per heavy atom. The number of rotatable bonds is 2. The van der Waals surface area contributed by atoms with Crippen molar-refractivity contribution in [2.45, 2.75) is 26.1 Å². The number of benzene rings is 1. The van der Waals surface area contributed by atoms with Gasteiger partial charge in [-0.1, -0.05) is 11.6 Å². The minimum Gasteiger partial charge on any atom is -0.479 e. The van der Waals surface area contributed by atoms with Crippen molar-refractivity contribution < 1.29 is 19.4 Å². The Morgan fingerprint density at radius 3 is 2.67 bits per heavy atom. The average molecular weight is 377 g/mol. The number of amides is 1. The van der Waals surface area contributed by atoms with E-state index in [1.807, 2.05) is 6.92 Å². The number of hydrogen-bond acceptors (Lipinski definition) is 3. The third-order valence-electron chi connectivity index (χ3n) is 3.28. The zero-order valence-corrected chi connectivity index (χ0v) is 13.9. The summed E-state index contributed by atoms with van der Waals surface area (Å²) in [5.74, 6) is -1.31. The summed E-state index contributed by atoms with van der Waals surface area (Å²) in [6.45, 7) is 3.98. The van der Waals surface area contributed by atoms with Crippen LogP contribution in [0.2, 0.25) is 5.02 Å². The molecule has 1 fully saturated rings. The highest BCUT2D eigenvalue weighted by molar-refractivity contribution is 9.10. The van der Waals surface area contributed by atoms with Crippen molar-refractivity contribution >= 4 is 39.4 Å². The second-order valence-corrected chi connectivity index (χ2v) is 6.27. The van der Waals surface area contributed by atoms with E-state index in [-0.39, 0.29) is 18.6 Å². The third-order valence-corrected chi connectivity index (χ3v) is 4.86. The van der Waals surface area contributed by atoms with E-state index in [0.29, 0.717) is 17.1 Å². The Morgan fingerprint density at radius 2 is 2.10 bits per heavy atom. The summed E-state index contributed by atoms with van der Waals surface area (Å²) in [5, 5.41) is 9.51. The fourth-order valence-corrected chi connectivity index (χ4v) is 2.78. The highest BCUT2D eigenvalue weighted by atomic mass is 79.9. The van der Waals surface area contributed by atoms with Gasteiger partial charge in [0.25, 0.3) is 5.91 Å². The number of carbonyl (C=O) groups is 2. The normalized spacial score (nSPS) is 22.2. The van der Waals surface area contributed by atoms with Gasteiger partial charge in [-0.15, -0.1) is 0 Å².